The smallest absolute Gasteiger partial charge is 0.308 e. The number of hydrogen-bond acceptors (Lipinski definition) is 4. The van der Waals surface area contributed by atoms with Crippen molar-refractivity contribution in [2.45, 2.75) is 51.8 Å². The number of esters is 1. The lowest BCUT2D eigenvalue weighted by molar-refractivity contribution is -0.147. The van der Waals surface area contributed by atoms with Crippen molar-refractivity contribution in [3.63, 3.8) is 0 Å². The molecule has 28 heavy (non-hydrogen) atoms. The minimum Gasteiger partial charge on any atom is -0.598 e. The highest BCUT2D eigenvalue weighted by Gasteiger charge is 2.32. The van der Waals surface area contributed by atoms with Gasteiger partial charge in [-0.2, -0.15) is 0 Å². The molecule has 0 spiro atoms. The summed E-state index contributed by atoms with van der Waals surface area (Å²) in [6, 6.07) is 18.0. The summed E-state index contributed by atoms with van der Waals surface area (Å²) in [6.45, 7) is 9.83. The first-order valence-corrected chi connectivity index (χ1v) is 10.9. The van der Waals surface area contributed by atoms with E-state index in [1.54, 1.807) is 6.92 Å². The normalized spacial score (nSPS) is 14.9. The van der Waals surface area contributed by atoms with Gasteiger partial charge in [0, 0.05) is 11.4 Å². The molecule has 0 bridgehead atoms. The Bertz CT molecular complexity index is 758. The molecule has 0 amide bonds. The maximum absolute atomic E-state index is 12.9. The fourth-order valence-corrected chi connectivity index (χ4v) is 3.80. The van der Waals surface area contributed by atoms with E-state index in [1.807, 2.05) is 64.1 Å². The van der Waals surface area contributed by atoms with Crippen molar-refractivity contribution in [1.29, 1.82) is 0 Å². The number of ether oxygens (including phenoxy) is 1. The fraction of sp³-hybridized carbons (Fsp3) is 0.435. The molecule has 0 aromatic heterocycles. The molecule has 0 heterocycles. The van der Waals surface area contributed by atoms with Crippen LogP contribution in [-0.2, 0) is 20.9 Å². The van der Waals surface area contributed by atoms with Crippen LogP contribution >= 0.6 is 0 Å². The van der Waals surface area contributed by atoms with Gasteiger partial charge in [0.1, 0.15) is 4.75 Å². The summed E-state index contributed by atoms with van der Waals surface area (Å²) in [4.78, 5) is 12.2. The summed E-state index contributed by atoms with van der Waals surface area (Å²) in [5.74, 6) is -0.536. The molecule has 5 heteroatoms. The number of hydrogen-bond donors (Lipinski definition) is 1. The molecule has 1 N–H and O–H groups in total. The average molecular weight is 402 g/mol. The number of rotatable bonds is 8. The van der Waals surface area contributed by atoms with E-state index in [4.69, 9.17) is 4.74 Å². The Morgan fingerprint density at radius 2 is 1.71 bits per heavy atom. The van der Waals surface area contributed by atoms with E-state index >= 15 is 0 Å². The van der Waals surface area contributed by atoms with Gasteiger partial charge in [0.25, 0.3) is 0 Å². The van der Waals surface area contributed by atoms with Crippen LogP contribution < -0.4 is 4.72 Å². The first-order chi connectivity index (χ1) is 13.2. The predicted molar refractivity (Wildman–Crippen MR) is 116 cm³/mol. The van der Waals surface area contributed by atoms with E-state index in [-0.39, 0.29) is 17.9 Å². The second-order valence-electron chi connectivity index (χ2n) is 7.89. The zero-order valence-electron chi connectivity index (χ0n) is 17.4. The number of carbonyl (C=O) groups is 1. The Balaban J connectivity index is 2.40. The van der Waals surface area contributed by atoms with Crippen molar-refractivity contribution < 1.29 is 14.1 Å². The van der Waals surface area contributed by atoms with Crippen LogP contribution in [0.25, 0.3) is 11.1 Å². The summed E-state index contributed by atoms with van der Waals surface area (Å²) >= 11 is -1.27. The first-order valence-electron chi connectivity index (χ1n) is 9.73. The van der Waals surface area contributed by atoms with Crippen LogP contribution in [0.3, 0.4) is 0 Å². The maximum atomic E-state index is 12.9. The highest BCUT2D eigenvalue weighted by atomic mass is 32.2. The van der Waals surface area contributed by atoms with E-state index in [0.29, 0.717) is 13.0 Å². The molecule has 0 fully saturated rings. The van der Waals surface area contributed by atoms with Gasteiger partial charge in [-0.05, 0) is 50.8 Å². The molecule has 3 unspecified atom stereocenters. The van der Waals surface area contributed by atoms with Crippen molar-refractivity contribution in [3.05, 3.63) is 60.2 Å². The lowest BCUT2D eigenvalue weighted by Gasteiger charge is -2.30. The molecule has 0 aliphatic heterocycles. The van der Waals surface area contributed by atoms with Gasteiger partial charge in [0.05, 0.1) is 18.6 Å². The molecular formula is C23H31NO3S. The van der Waals surface area contributed by atoms with Crippen LogP contribution in [0.5, 0.6) is 0 Å². The Kier molecular flexibility index (Phi) is 8.10. The highest BCUT2D eigenvalue weighted by Crippen LogP contribution is 2.33. The average Bonchev–Trinajstić information content (AvgIpc) is 2.67. The molecule has 4 nitrogen and oxygen atoms in total. The van der Waals surface area contributed by atoms with Gasteiger partial charge >= 0.3 is 5.97 Å². The second-order valence-corrected chi connectivity index (χ2v) is 9.89. The van der Waals surface area contributed by atoms with Gasteiger partial charge in [-0.1, -0.05) is 61.5 Å². The van der Waals surface area contributed by atoms with E-state index in [0.717, 1.165) is 16.7 Å². The van der Waals surface area contributed by atoms with Crippen molar-refractivity contribution in [2.75, 3.05) is 6.61 Å². The number of benzene rings is 2. The van der Waals surface area contributed by atoms with Crippen LogP contribution in [0.4, 0.5) is 0 Å². The summed E-state index contributed by atoms with van der Waals surface area (Å²) < 4.78 is 20.9. The molecule has 152 valence electrons. The van der Waals surface area contributed by atoms with E-state index in [1.165, 1.54) is 0 Å². The molecule has 2 aromatic carbocycles. The second kappa shape index (κ2) is 10.1. The van der Waals surface area contributed by atoms with Crippen molar-refractivity contribution in [2.24, 2.45) is 5.92 Å². The van der Waals surface area contributed by atoms with Gasteiger partial charge in [0.15, 0.2) is 0 Å². The zero-order valence-corrected chi connectivity index (χ0v) is 18.2. The first kappa shape index (κ1) is 22.5. The largest absolute Gasteiger partial charge is 0.598 e. The van der Waals surface area contributed by atoms with Crippen LogP contribution in [0.1, 0.15) is 52.6 Å². The molecule has 2 aromatic rings. The van der Waals surface area contributed by atoms with Crippen molar-refractivity contribution in [1.82, 2.24) is 4.72 Å². The van der Waals surface area contributed by atoms with Crippen LogP contribution in [0.2, 0.25) is 0 Å². The van der Waals surface area contributed by atoms with Crippen molar-refractivity contribution in [3.8, 4) is 11.1 Å². The van der Waals surface area contributed by atoms with Crippen LogP contribution in [0.15, 0.2) is 54.6 Å². The topological polar surface area (TPSA) is 61.4 Å². The minimum absolute atomic E-state index is 0.229. The Hall–Kier alpha value is -1.82. The summed E-state index contributed by atoms with van der Waals surface area (Å²) in [7, 11) is 0. The fourth-order valence-electron chi connectivity index (χ4n) is 2.96. The zero-order chi connectivity index (χ0) is 20.7. The van der Waals surface area contributed by atoms with E-state index in [2.05, 4.69) is 22.9 Å². The SMILES string of the molecule is CCOC(=O)C(C)CC(N[S+]([O-])C(C)(C)C)c1ccccc1-c1ccccc1. The number of carbonyl (C=O) groups excluding carboxylic acids is 1. The quantitative estimate of drug-likeness (QED) is 0.497. The summed E-state index contributed by atoms with van der Waals surface area (Å²) in [5, 5.41) is 0. The van der Waals surface area contributed by atoms with Crippen LogP contribution in [-0.4, -0.2) is 21.9 Å². The van der Waals surface area contributed by atoms with Crippen LogP contribution in [0, 0.1) is 5.92 Å². The van der Waals surface area contributed by atoms with E-state index < -0.39 is 16.1 Å². The third-order valence-electron chi connectivity index (χ3n) is 4.50. The van der Waals surface area contributed by atoms with Gasteiger partial charge in [-0.25, -0.2) is 0 Å². The highest BCUT2D eigenvalue weighted by molar-refractivity contribution is 7.90. The third-order valence-corrected chi connectivity index (χ3v) is 6.12. The third kappa shape index (κ3) is 6.09. The standard InChI is InChI=1S/C23H31NO3S/c1-6-27-22(25)17(2)16-21(24-28(26)23(3,4)5)20-15-11-10-14-19(20)18-12-8-7-9-13-18/h7-15,17,21,24H,6,16H2,1-5H3. The number of nitrogens with one attached hydrogen (secondary N) is 1. The monoisotopic (exact) mass is 401 g/mol. The van der Waals surface area contributed by atoms with Gasteiger partial charge in [-0.3, -0.25) is 4.79 Å². The molecule has 0 radical (unpaired) electrons. The molecular weight excluding hydrogens is 370 g/mol. The summed E-state index contributed by atoms with van der Waals surface area (Å²) in [6.07, 6.45) is 0.504. The molecule has 0 saturated heterocycles. The molecule has 0 saturated carbocycles. The van der Waals surface area contributed by atoms with Crippen molar-refractivity contribution >= 4 is 17.3 Å². The Morgan fingerprint density at radius 3 is 2.32 bits per heavy atom. The Labute approximate surface area is 172 Å². The van der Waals surface area contributed by atoms with Gasteiger partial charge in [-0.15, -0.1) is 4.72 Å². The molecule has 2 rings (SSSR count). The van der Waals surface area contributed by atoms with Gasteiger partial charge < -0.3 is 9.29 Å². The predicted octanol–water partition coefficient (Wildman–Crippen LogP) is 5.04. The van der Waals surface area contributed by atoms with Gasteiger partial charge in [0.2, 0.25) is 0 Å². The summed E-state index contributed by atoms with van der Waals surface area (Å²) in [5.41, 5.74) is 3.19. The van der Waals surface area contributed by atoms with E-state index in [9.17, 15) is 9.35 Å². The lowest BCUT2D eigenvalue weighted by Crippen LogP contribution is -2.42. The molecule has 3 atom stereocenters. The molecule has 0 aliphatic carbocycles. The Morgan fingerprint density at radius 1 is 1.11 bits per heavy atom. The minimum atomic E-state index is -1.27. The molecule has 0 aliphatic rings. The lowest BCUT2D eigenvalue weighted by atomic mass is 9.90. The maximum Gasteiger partial charge on any atom is 0.308 e.